The fraction of sp³-hybridized carbons (Fsp3) is 0. The monoisotopic (exact) mass is 679 g/mol. The zero-order valence-corrected chi connectivity index (χ0v) is 29.2. The van der Waals surface area contributed by atoms with E-state index in [0.717, 1.165) is 17.1 Å². The number of nitrogens with zero attached hydrogens (tertiary/aromatic N) is 1. The van der Waals surface area contributed by atoms with Gasteiger partial charge >= 0.3 is 0 Å². The van der Waals surface area contributed by atoms with Gasteiger partial charge in [-0.1, -0.05) is 152 Å². The van der Waals surface area contributed by atoms with Gasteiger partial charge in [0.25, 0.3) is 0 Å². The van der Waals surface area contributed by atoms with Gasteiger partial charge in [0.1, 0.15) is 0 Å². The molecule has 0 aliphatic heterocycles. The van der Waals surface area contributed by atoms with Crippen molar-refractivity contribution in [2.75, 3.05) is 4.90 Å². The summed E-state index contributed by atoms with van der Waals surface area (Å²) in [5.74, 6) is 0. The van der Waals surface area contributed by atoms with Crippen LogP contribution in [0.25, 0.3) is 75.1 Å². The minimum Gasteiger partial charge on any atom is -0.310 e. The number of fused-ring (bicyclic) bond motifs is 5. The molecule has 0 N–H and O–H groups in total. The predicted octanol–water partition coefficient (Wildman–Crippen LogP) is 14.8. The van der Waals surface area contributed by atoms with Gasteiger partial charge in [0.05, 0.1) is 5.69 Å². The molecular formula is C50H33NS. The zero-order chi connectivity index (χ0) is 34.4. The van der Waals surface area contributed by atoms with Crippen LogP contribution in [0.15, 0.2) is 200 Å². The highest BCUT2D eigenvalue weighted by molar-refractivity contribution is 7.25. The third-order valence-electron chi connectivity index (χ3n) is 10.3. The van der Waals surface area contributed by atoms with E-state index < -0.39 is 0 Å². The molecule has 0 amide bonds. The number of hydrogen-bond acceptors (Lipinski definition) is 2. The number of anilines is 3. The summed E-state index contributed by atoms with van der Waals surface area (Å²) in [5, 5.41) is 7.66. The molecule has 244 valence electrons. The van der Waals surface area contributed by atoms with Crippen LogP contribution in [-0.2, 0) is 0 Å². The molecule has 0 saturated heterocycles. The van der Waals surface area contributed by atoms with Crippen LogP contribution >= 0.6 is 11.3 Å². The topological polar surface area (TPSA) is 3.24 Å². The lowest BCUT2D eigenvalue weighted by Gasteiger charge is -2.28. The Hall–Kier alpha value is -6.48. The van der Waals surface area contributed by atoms with Crippen molar-refractivity contribution in [1.82, 2.24) is 0 Å². The molecule has 0 radical (unpaired) electrons. The van der Waals surface area contributed by atoms with E-state index in [2.05, 4.69) is 205 Å². The molecular weight excluding hydrogens is 647 g/mol. The Bertz CT molecular complexity index is 2890. The van der Waals surface area contributed by atoms with E-state index in [1.807, 2.05) is 11.3 Å². The van der Waals surface area contributed by atoms with E-state index in [0.29, 0.717) is 0 Å². The van der Waals surface area contributed by atoms with Gasteiger partial charge < -0.3 is 4.90 Å². The second kappa shape index (κ2) is 12.7. The molecule has 0 unspecified atom stereocenters. The van der Waals surface area contributed by atoms with E-state index in [1.165, 1.54) is 75.1 Å². The van der Waals surface area contributed by atoms with Crippen molar-refractivity contribution in [2.24, 2.45) is 0 Å². The Labute approximate surface area is 307 Å². The van der Waals surface area contributed by atoms with Gasteiger partial charge in [-0.15, -0.1) is 11.3 Å². The van der Waals surface area contributed by atoms with Crippen LogP contribution in [0.4, 0.5) is 17.1 Å². The van der Waals surface area contributed by atoms with E-state index in [4.69, 9.17) is 0 Å². The molecule has 9 aromatic carbocycles. The maximum Gasteiger partial charge on any atom is 0.0540 e. The van der Waals surface area contributed by atoms with Crippen LogP contribution in [0, 0.1) is 0 Å². The van der Waals surface area contributed by atoms with Gasteiger partial charge in [0.2, 0.25) is 0 Å². The second-order valence-electron chi connectivity index (χ2n) is 13.3. The van der Waals surface area contributed by atoms with Gasteiger partial charge in [-0.2, -0.15) is 0 Å². The minimum absolute atomic E-state index is 1.11. The summed E-state index contributed by atoms with van der Waals surface area (Å²) in [6, 6.07) is 73.0. The van der Waals surface area contributed by atoms with Crippen molar-refractivity contribution in [1.29, 1.82) is 0 Å². The Balaban J connectivity index is 1.10. The van der Waals surface area contributed by atoms with Crippen LogP contribution in [0.5, 0.6) is 0 Å². The number of rotatable bonds is 6. The summed E-state index contributed by atoms with van der Waals surface area (Å²) < 4.78 is 2.63. The van der Waals surface area contributed by atoms with E-state index >= 15 is 0 Å². The lowest BCUT2D eigenvalue weighted by Crippen LogP contribution is -2.11. The smallest absolute Gasteiger partial charge is 0.0540 e. The first-order valence-corrected chi connectivity index (χ1v) is 18.6. The molecule has 0 saturated carbocycles. The van der Waals surface area contributed by atoms with E-state index in [1.54, 1.807) is 0 Å². The number of para-hydroxylation sites is 1. The Morgan fingerprint density at radius 3 is 1.71 bits per heavy atom. The summed E-state index contributed by atoms with van der Waals surface area (Å²) in [5.41, 5.74) is 10.6. The average molecular weight is 680 g/mol. The number of hydrogen-bond donors (Lipinski definition) is 0. The van der Waals surface area contributed by atoms with Gasteiger partial charge in [-0.25, -0.2) is 0 Å². The van der Waals surface area contributed by atoms with Crippen LogP contribution in [-0.4, -0.2) is 0 Å². The maximum absolute atomic E-state index is 2.40. The summed E-state index contributed by atoms with van der Waals surface area (Å²) >= 11 is 1.86. The van der Waals surface area contributed by atoms with Gasteiger partial charge in [0, 0.05) is 37.1 Å². The van der Waals surface area contributed by atoms with Crippen LogP contribution < -0.4 is 4.90 Å². The van der Waals surface area contributed by atoms with Crippen molar-refractivity contribution < 1.29 is 0 Å². The molecule has 0 bridgehead atoms. The maximum atomic E-state index is 2.40. The zero-order valence-electron chi connectivity index (χ0n) is 28.4. The van der Waals surface area contributed by atoms with Gasteiger partial charge in [-0.05, 0) is 97.9 Å². The van der Waals surface area contributed by atoms with Crippen molar-refractivity contribution in [3.05, 3.63) is 200 Å². The third kappa shape index (κ3) is 5.33. The van der Waals surface area contributed by atoms with Crippen molar-refractivity contribution in [2.45, 2.75) is 0 Å². The molecule has 0 fully saturated rings. The summed E-state index contributed by atoms with van der Waals surface area (Å²) in [7, 11) is 0. The Morgan fingerprint density at radius 1 is 0.308 bits per heavy atom. The lowest BCUT2D eigenvalue weighted by molar-refractivity contribution is 1.28. The lowest BCUT2D eigenvalue weighted by atomic mass is 9.97. The first-order chi connectivity index (χ1) is 25.8. The van der Waals surface area contributed by atoms with E-state index in [-0.39, 0.29) is 0 Å². The fourth-order valence-corrected chi connectivity index (χ4v) is 8.82. The Kier molecular flexibility index (Phi) is 7.41. The van der Waals surface area contributed by atoms with Crippen molar-refractivity contribution in [3.8, 4) is 33.4 Å². The van der Waals surface area contributed by atoms with Gasteiger partial charge in [-0.3, -0.25) is 0 Å². The summed E-state index contributed by atoms with van der Waals surface area (Å²) in [6.07, 6.45) is 0. The number of thiophene rings is 1. The highest BCUT2D eigenvalue weighted by Gasteiger charge is 2.18. The molecule has 10 aromatic rings. The third-order valence-corrected chi connectivity index (χ3v) is 11.4. The van der Waals surface area contributed by atoms with Crippen molar-refractivity contribution in [3.63, 3.8) is 0 Å². The molecule has 0 spiro atoms. The van der Waals surface area contributed by atoms with E-state index in [9.17, 15) is 0 Å². The summed E-state index contributed by atoms with van der Waals surface area (Å²) in [4.78, 5) is 2.40. The highest BCUT2D eigenvalue weighted by atomic mass is 32.1. The number of benzene rings is 9. The molecule has 2 heteroatoms. The molecule has 1 aromatic heterocycles. The minimum atomic E-state index is 1.11. The molecule has 0 aliphatic carbocycles. The predicted molar refractivity (Wildman–Crippen MR) is 225 cm³/mol. The molecule has 52 heavy (non-hydrogen) atoms. The molecule has 0 atom stereocenters. The second-order valence-corrected chi connectivity index (χ2v) is 14.4. The molecule has 1 heterocycles. The van der Waals surface area contributed by atoms with Gasteiger partial charge in [0.15, 0.2) is 0 Å². The SMILES string of the molecule is c1ccc(N(c2ccc(-c3ccc4ccccc4c3)cc2)c2ccc(-c3cccc4ccccc34)cc2)c(-c2ccc3c(c2)sc2ccccc23)c1. The Morgan fingerprint density at radius 2 is 0.885 bits per heavy atom. The summed E-state index contributed by atoms with van der Waals surface area (Å²) in [6.45, 7) is 0. The highest BCUT2D eigenvalue weighted by Crippen LogP contribution is 2.44. The van der Waals surface area contributed by atoms with Crippen LogP contribution in [0.3, 0.4) is 0 Å². The molecule has 10 rings (SSSR count). The first-order valence-electron chi connectivity index (χ1n) is 17.8. The first kappa shape index (κ1) is 30.4. The van der Waals surface area contributed by atoms with Crippen molar-refractivity contribution >= 4 is 70.1 Å². The normalized spacial score (nSPS) is 11.5. The van der Waals surface area contributed by atoms with Crippen LogP contribution in [0.1, 0.15) is 0 Å². The fourth-order valence-electron chi connectivity index (χ4n) is 7.67. The average Bonchev–Trinajstić information content (AvgIpc) is 3.59. The largest absolute Gasteiger partial charge is 0.310 e. The molecule has 0 aliphatic rings. The standard InChI is InChI=1S/C50H33NS/c1-2-12-38-32-39(21-20-34(38)10-1)35-22-27-41(28-23-35)51(42-29-24-37(25-30-42)44-17-9-13-36-11-3-4-14-43(36)44)48-18-7-5-15-45(48)40-26-31-47-46-16-6-8-19-49(46)52-50(47)33-40/h1-33H. The quantitative estimate of drug-likeness (QED) is 0.169. The molecule has 1 nitrogen and oxygen atoms in total. The van der Waals surface area contributed by atoms with Crippen LogP contribution in [0.2, 0.25) is 0 Å².